The fraction of sp³-hybridized carbons (Fsp3) is 0.0870. The Morgan fingerprint density at radius 3 is 2.57 bits per heavy atom. The highest BCUT2D eigenvalue weighted by atomic mass is 35.5. The third-order valence-corrected chi connectivity index (χ3v) is 5.77. The molecule has 0 bridgehead atoms. The minimum absolute atomic E-state index is 0.0754. The number of Topliss-reactive ketones (excluding diaryl/α,β-unsaturated/α-hetero) is 1. The number of nitrogens with zero attached hydrogens (tertiary/aromatic N) is 2. The predicted octanol–water partition coefficient (Wildman–Crippen LogP) is 5.21. The number of para-hydroxylation sites is 1. The van der Waals surface area contributed by atoms with Crippen LogP contribution >= 0.6 is 23.4 Å². The maximum Gasteiger partial charge on any atom is 0.262 e. The number of benzene rings is 3. The summed E-state index contributed by atoms with van der Waals surface area (Å²) in [5.41, 5.74) is 1.65. The van der Waals surface area contributed by atoms with Crippen LogP contribution < -0.4 is 5.56 Å². The zero-order valence-electron chi connectivity index (χ0n) is 15.7. The van der Waals surface area contributed by atoms with Crippen LogP contribution in [0.15, 0.2) is 82.7 Å². The molecule has 0 amide bonds. The van der Waals surface area contributed by atoms with Crippen molar-refractivity contribution in [1.82, 2.24) is 9.55 Å². The van der Waals surface area contributed by atoms with Crippen LogP contribution in [0.25, 0.3) is 10.9 Å². The first-order valence-corrected chi connectivity index (χ1v) is 10.5. The molecule has 1 heterocycles. The number of aromatic nitrogens is 2. The van der Waals surface area contributed by atoms with Crippen LogP contribution in [-0.4, -0.2) is 21.1 Å². The smallest absolute Gasteiger partial charge is 0.262 e. The molecular weight excluding hydrogens is 423 g/mol. The van der Waals surface area contributed by atoms with Gasteiger partial charge >= 0.3 is 0 Å². The molecule has 0 radical (unpaired) electrons. The van der Waals surface area contributed by atoms with Crippen molar-refractivity contribution in [1.29, 1.82) is 0 Å². The van der Waals surface area contributed by atoms with E-state index in [1.165, 1.54) is 36.0 Å². The fourth-order valence-corrected chi connectivity index (χ4v) is 4.17. The van der Waals surface area contributed by atoms with Crippen LogP contribution in [0.2, 0.25) is 5.02 Å². The van der Waals surface area contributed by atoms with E-state index in [0.717, 1.165) is 5.56 Å². The highest BCUT2D eigenvalue weighted by Crippen LogP contribution is 2.21. The Bertz CT molecular complexity index is 1290. The number of thioether (sulfide) groups is 1. The van der Waals surface area contributed by atoms with Gasteiger partial charge in [-0.25, -0.2) is 9.37 Å². The minimum atomic E-state index is -0.397. The van der Waals surface area contributed by atoms with Gasteiger partial charge in [-0.15, -0.1) is 0 Å². The molecule has 4 nitrogen and oxygen atoms in total. The van der Waals surface area contributed by atoms with E-state index in [2.05, 4.69) is 4.98 Å². The number of carbonyl (C=O) groups is 1. The van der Waals surface area contributed by atoms with E-state index in [1.54, 1.807) is 34.9 Å². The average molecular weight is 439 g/mol. The largest absolute Gasteiger partial charge is 0.293 e. The first-order valence-electron chi connectivity index (χ1n) is 9.17. The van der Waals surface area contributed by atoms with Gasteiger partial charge in [-0.1, -0.05) is 47.6 Å². The van der Waals surface area contributed by atoms with Gasteiger partial charge < -0.3 is 0 Å². The van der Waals surface area contributed by atoms with Gasteiger partial charge in [0.1, 0.15) is 5.82 Å². The fourth-order valence-electron chi connectivity index (χ4n) is 3.06. The van der Waals surface area contributed by atoms with Gasteiger partial charge in [0.25, 0.3) is 5.56 Å². The van der Waals surface area contributed by atoms with Crippen molar-refractivity contribution in [2.24, 2.45) is 0 Å². The Morgan fingerprint density at radius 1 is 1.03 bits per heavy atom. The van der Waals surface area contributed by atoms with Crippen LogP contribution in [0.5, 0.6) is 0 Å². The van der Waals surface area contributed by atoms with Crippen molar-refractivity contribution in [3.05, 3.63) is 105 Å². The monoisotopic (exact) mass is 438 g/mol. The van der Waals surface area contributed by atoms with E-state index >= 15 is 0 Å². The van der Waals surface area contributed by atoms with E-state index in [9.17, 15) is 14.0 Å². The van der Waals surface area contributed by atoms with E-state index in [-0.39, 0.29) is 23.6 Å². The zero-order valence-corrected chi connectivity index (χ0v) is 17.3. The van der Waals surface area contributed by atoms with Crippen LogP contribution in [0.3, 0.4) is 0 Å². The SMILES string of the molecule is O=C(CSc1nc2ccccc2c(=O)n1Cc1cccc(Cl)c1)c1ccc(F)cc1. The number of carbonyl (C=O) groups excluding carboxylic acids is 1. The third-order valence-electron chi connectivity index (χ3n) is 4.55. The van der Waals surface area contributed by atoms with Crippen LogP contribution in [0.1, 0.15) is 15.9 Å². The summed E-state index contributed by atoms with van der Waals surface area (Å²) in [5.74, 6) is -0.492. The Kier molecular flexibility index (Phi) is 5.97. The molecule has 7 heteroatoms. The first-order chi connectivity index (χ1) is 14.5. The van der Waals surface area contributed by atoms with Crippen LogP contribution in [0.4, 0.5) is 4.39 Å². The summed E-state index contributed by atoms with van der Waals surface area (Å²) in [6, 6.07) is 19.8. The van der Waals surface area contributed by atoms with Gasteiger partial charge in [-0.05, 0) is 54.1 Å². The van der Waals surface area contributed by atoms with Crippen molar-refractivity contribution in [2.45, 2.75) is 11.7 Å². The molecule has 30 heavy (non-hydrogen) atoms. The van der Waals surface area contributed by atoms with Gasteiger partial charge in [0.15, 0.2) is 10.9 Å². The lowest BCUT2D eigenvalue weighted by Gasteiger charge is -2.13. The molecule has 0 aliphatic heterocycles. The second-order valence-corrected chi connectivity index (χ2v) is 8.03. The first kappa shape index (κ1) is 20.3. The molecule has 0 saturated carbocycles. The Morgan fingerprint density at radius 2 is 1.80 bits per heavy atom. The summed E-state index contributed by atoms with van der Waals surface area (Å²) >= 11 is 7.27. The van der Waals surface area contributed by atoms with Crippen LogP contribution in [-0.2, 0) is 6.54 Å². The summed E-state index contributed by atoms with van der Waals surface area (Å²) in [4.78, 5) is 30.3. The van der Waals surface area contributed by atoms with Gasteiger partial charge in [0, 0.05) is 10.6 Å². The van der Waals surface area contributed by atoms with E-state index in [4.69, 9.17) is 11.6 Å². The molecule has 0 saturated heterocycles. The lowest BCUT2D eigenvalue weighted by Crippen LogP contribution is -2.24. The number of hydrogen-bond donors (Lipinski definition) is 0. The lowest BCUT2D eigenvalue weighted by molar-refractivity contribution is 0.102. The third kappa shape index (κ3) is 4.45. The average Bonchev–Trinajstić information content (AvgIpc) is 2.75. The van der Waals surface area contributed by atoms with E-state index in [1.807, 2.05) is 18.2 Å². The Hall–Kier alpha value is -2.96. The summed E-state index contributed by atoms with van der Waals surface area (Å²) in [6.07, 6.45) is 0. The molecule has 150 valence electrons. The predicted molar refractivity (Wildman–Crippen MR) is 118 cm³/mol. The van der Waals surface area contributed by atoms with Crippen molar-refractivity contribution >= 4 is 40.0 Å². The normalized spacial score (nSPS) is 11.0. The van der Waals surface area contributed by atoms with Crippen LogP contribution in [0, 0.1) is 5.82 Å². The summed E-state index contributed by atoms with van der Waals surface area (Å²) in [6.45, 7) is 0.282. The lowest BCUT2D eigenvalue weighted by atomic mass is 10.1. The molecule has 4 aromatic rings. The minimum Gasteiger partial charge on any atom is -0.293 e. The van der Waals surface area contributed by atoms with E-state index < -0.39 is 5.82 Å². The molecule has 4 rings (SSSR count). The second kappa shape index (κ2) is 8.81. The maximum absolute atomic E-state index is 13.1. The van der Waals surface area contributed by atoms with Gasteiger partial charge in [0.05, 0.1) is 23.2 Å². The second-order valence-electron chi connectivity index (χ2n) is 6.65. The molecule has 0 aliphatic rings. The topological polar surface area (TPSA) is 52.0 Å². The number of ketones is 1. The molecule has 1 aromatic heterocycles. The van der Waals surface area contributed by atoms with Crippen molar-refractivity contribution in [3.8, 4) is 0 Å². The number of halogens is 2. The maximum atomic E-state index is 13.1. The number of rotatable bonds is 6. The summed E-state index contributed by atoms with van der Waals surface area (Å²) in [5, 5.41) is 1.53. The van der Waals surface area contributed by atoms with Crippen molar-refractivity contribution in [2.75, 3.05) is 5.75 Å². The molecule has 3 aromatic carbocycles. The summed E-state index contributed by atoms with van der Waals surface area (Å²) in [7, 11) is 0. The highest BCUT2D eigenvalue weighted by molar-refractivity contribution is 7.99. The number of hydrogen-bond acceptors (Lipinski definition) is 4. The molecule has 0 spiro atoms. The standard InChI is InChI=1S/C23H16ClFN2O2S/c24-17-5-3-4-15(12-17)13-27-22(29)19-6-1-2-7-20(19)26-23(27)30-14-21(28)16-8-10-18(25)11-9-16/h1-12H,13-14H2. The van der Waals surface area contributed by atoms with Gasteiger partial charge in [0.2, 0.25) is 0 Å². The molecule has 0 fully saturated rings. The van der Waals surface area contributed by atoms with E-state index in [0.29, 0.717) is 26.6 Å². The molecule has 0 N–H and O–H groups in total. The molecule has 0 unspecified atom stereocenters. The Balaban J connectivity index is 1.69. The zero-order chi connectivity index (χ0) is 21.1. The molecular formula is C23H16ClFN2O2S. The molecule has 0 atom stereocenters. The molecule has 0 aliphatic carbocycles. The van der Waals surface area contributed by atoms with Crippen molar-refractivity contribution in [3.63, 3.8) is 0 Å². The quantitative estimate of drug-likeness (QED) is 0.235. The van der Waals surface area contributed by atoms with Gasteiger partial charge in [-0.2, -0.15) is 0 Å². The highest BCUT2D eigenvalue weighted by Gasteiger charge is 2.15. The number of fused-ring (bicyclic) bond motifs is 1. The van der Waals surface area contributed by atoms with Crippen molar-refractivity contribution < 1.29 is 9.18 Å². The Labute approximate surface area is 181 Å². The summed E-state index contributed by atoms with van der Waals surface area (Å²) < 4.78 is 14.7. The van der Waals surface area contributed by atoms with Gasteiger partial charge in [-0.3, -0.25) is 14.2 Å².